The number of hydrogen-bond donors (Lipinski definition) is 1. The summed E-state index contributed by atoms with van der Waals surface area (Å²) in [6, 6.07) is 0. The zero-order chi connectivity index (χ0) is 8.66. The molecule has 1 saturated carbocycles. The van der Waals surface area contributed by atoms with Crippen molar-refractivity contribution in [2.24, 2.45) is 5.73 Å². The molecule has 0 aromatic heterocycles. The van der Waals surface area contributed by atoms with Crippen LogP contribution in [0.1, 0.15) is 25.7 Å². The zero-order valence-corrected chi connectivity index (χ0v) is 7.01. The Labute approximate surface area is 71.0 Å². The van der Waals surface area contributed by atoms with E-state index < -0.39 is 11.6 Å². The van der Waals surface area contributed by atoms with Gasteiger partial charge in [-0.25, -0.2) is 4.39 Å². The van der Waals surface area contributed by atoms with Gasteiger partial charge in [0.25, 0.3) is 0 Å². The highest BCUT2D eigenvalue weighted by molar-refractivity contribution is 4.87. The first-order chi connectivity index (χ1) is 5.62. The van der Waals surface area contributed by atoms with Gasteiger partial charge in [-0.15, -0.1) is 0 Å². The van der Waals surface area contributed by atoms with Crippen molar-refractivity contribution in [2.45, 2.75) is 37.3 Å². The van der Waals surface area contributed by atoms with E-state index in [1.165, 1.54) is 0 Å². The van der Waals surface area contributed by atoms with E-state index in [0.717, 1.165) is 0 Å². The van der Waals surface area contributed by atoms with E-state index in [1.807, 2.05) is 0 Å². The molecule has 2 fully saturated rings. The van der Waals surface area contributed by atoms with Crippen molar-refractivity contribution in [3.63, 3.8) is 0 Å². The van der Waals surface area contributed by atoms with Crippen molar-refractivity contribution in [1.82, 2.24) is 0 Å². The Kier molecular flexibility index (Phi) is 1.86. The van der Waals surface area contributed by atoms with Crippen LogP contribution < -0.4 is 5.73 Å². The molecule has 0 amide bonds. The molecular weight excluding hydrogens is 161 g/mol. The van der Waals surface area contributed by atoms with Crippen molar-refractivity contribution < 1.29 is 13.9 Å². The maximum absolute atomic E-state index is 13.2. The Morgan fingerprint density at radius 2 is 1.50 bits per heavy atom. The Morgan fingerprint density at radius 3 is 2.00 bits per heavy atom. The summed E-state index contributed by atoms with van der Waals surface area (Å²) in [5.74, 6) is -1.99. The molecule has 70 valence electrons. The predicted octanol–water partition coefficient (Wildman–Crippen LogP) is 0.928. The van der Waals surface area contributed by atoms with Gasteiger partial charge in [-0.1, -0.05) is 0 Å². The van der Waals surface area contributed by atoms with Gasteiger partial charge in [0.1, 0.15) is 0 Å². The van der Waals surface area contributed by atoms with E-state index in [-0.39, 0.29) is 0 Å². The molecule has 4 heteroatoms. The molecule has 2 aliphatic rings. The third-order valence-corrected chi connectivity index (χ3v) is 2.66. The number of ether oxygens (including phenoxy) is 2. The topological polar surface area (TPSA) is 44.5 Å². The van der Waals surface area contributed by atoms with E-state index >= 15 is 0 Å². The van der Waals surface area contributed by atoms with E-state index in [2.05, 4.69) is 0 Å². The van der Waals surface area contributed by atoms with Crippen molar-refractivity contribution in [1.29, 1.82) is 0 Å². The first-order valence-corrected chi connectivity index (χ1v) is 4.38. The molecule has 1 heterocycles. The van der Waals surface area contributed by atoms with Gasteiger partial charge >= 0.3 is 0 Å². The third kappa shape index (κ3) is 1.46. The van der Waals surface area contributed by atoms with Crippen molar-refractivity contribution >= 4 is 0 Å². The molecule has 1 saturated heterocycles. The molecule has 0 atom stereocenters. The summed E-state index contributed by atoms with van der Waals surface area (Å²) in [6.07, 6.45) is 1.85. The molecule has 12 heavy (non-hydrogen) atoms. The van der Waals surface area contributed by atoms with Gasteiger partial charge in [0.05, 0.1) is 13.2 Å². The number of hydrogen-bond acceptors (Lipinski definition) is 3. The predicted molar refractivity (Wildman–Crippen MR) is 41.1 cm³/mol. The second-order valence-corrected chi connectivity index (χ2v) is 3.64. The minimum atomic E-state index is -1.50. The molecule has 0 radical (unpaired) electrons. The second kappa shape index (κ2) is 2.65. The Balaban J connectivity index is 1.97. The highest BCUT2D eigenvalue weighted by Gasteiger charge is 2.44. The van der Waals surface area contributed by atoms with Crippen LogP contribution >= 0.6 is 0 Å². The van der Waals surface area contributed by atoms with Crippen LogP contribution in [0.3, 0.4) is 0 Å². The van der Waals surface area contributed by atoms with Crippen LogP contribution in [0.4, 0.5) is 4.39 Å². The average molecular weight is 175 g/mol. The largest absolute Gasteiger partial charge is 0.348 e. The maximum atomic E-state index is 13.2. The fourth-order valence-corrected chi connectivity index (χ4v) is 1.83. The van der Waals surface area contributed by atoms with Crippen LogP contribution in [0.15, 0.2) is 0 Å². The van der Waals surface area contributed by atoms with E-state index in [1.54, 1.807) is 0 Å². The quantitative estimate of drug-likeness (QED) is 0.557. The van der Waals surface area contributed by atoms with Gasteiger partial charge in [0.2, 0.25) is 0 Å². The van der Waals surface area contributed by atoms with Crippen LogP contribution in [-0.2, 0) is 9.47 Å². The Morgan fingerprint density at radius 1 is 1.00 bits per heavy atom. The molecule has 1 aliphatic carbocycles. The molecule has 1 spiro atoms. The van der Waals surface area contributed by atoms with Gasteiger partial charge in [-0.05, 0) is 12.8 Å². The molecule has 0 aromatic rings. The molecule has 3 nitrogen and oxygen atoms in total. The van der Waals surface area contributed by atoms with E-state index in [9.17, 15) is 4.39 Å². The smallest absolute Gasteiger partial charge is 0.168 e. The molecule has 2 N–H and O–H groups in total. The SMILES string of the molecule is NC1(F)CCC2(CC1)OCCO2. The summed E-state index contributed by atoms with van der Waals surface area (Å²) in [4.78, 5) is 0. The first-order valence-electron chi connectivity index (χ1n) is 4.38. The van der Waals surface area contributed by atoms with Crippen molar-refractivity contribution in [3.8, 4) is 0 Å². The van der Waals surface area contributed by atoms with Crippen LogP contribution in [0, 0.1) is 0 Å². The first kappa shape index (κ1) is 8.41. The summed E-state index contributed by atoms with van der Waals surface area (Å²) in [5, 5.41) is 0. The van der Waals surface area contributed by atoms with Gasteiger partial charge in [-0.3, -0.25) is 5.73 Å². The van der Waals surface area contributed by atoms with Crippen LogP contribution in [0.2, 0.25) is 0 Å². The summed E-state index contributed by atoms with van der Waals surface area (Å²) < 4.78 is 24.0. The summed E-state index contributed by atoms with van der Waals surface area (Å²) >= 11 is 0. The second-order valence-electron chi connectivity index (χ2n) is 3.64. The fourth-order valence-electron chi connectivity index (χ4n) is 1.83. The lowest BCUT2D eigenvalue weighted by molar-refractivity contribution is -0.193. The minimum absolute atomic E-state index is 0.340. The number of halogens is 1. The summed E-state index contributed by atoms with van der Waals surface area (Å²) in [6.45, 7) is 1.26. The number of rotatable bonds is 0. The zero-order valence-electron chi connectivity index (χ0n) is 7.01. The normalized spacial score (nSPS) is 32.5. The summed E-state index contributed by atoms with van der Waals surface area (Å²) in [5.41, 5.74) is 5.35. The van der Waals surface area contributed by atoms with Crippen LogP contribution in [0.5, 0.6) is 0 Å². The van der Waals surface area contributed by atoms with Gasteiger partial charge < -0.3 is 9.47 Å². The lowest BCUT2D eigenvalue weighted by Crippen LogP contribution is -2.46. The van der Waals surface area contributed by atoms with E-state index in [0.29, 0.717) is 38.9 Å². The van der Waals surface area contributed by atoms with Crippen molar-refractivity contribution in [3.05, 3.63) is 0 Å². The lowest BCUT2D eigenvalue weighted by Gasteiger charge is -2.36. The maximum Gasteiger partial charge on any atom is 0.168 e. The van der Waals surface area contributed by atoms with Gasteiger partial charge in [0, 0.05) is 12.8 Å². The molecule has 2 rings (SSSR count). The number of alkyl halides is 1. The standard InChI is InChI=1S/C8H14FNO2/c9-7(10)1-3-8(4-2-7)11-5-6-12-8/h1-6,10H2. The highest BCUT2D eigenvalue weighted by atomic mass is 19.1. The molecule has 0 bridgehead atoms. The Hall–Kier alpha value is -0.190. The highest BCUT2D eigenvalue weighted by Crippen LogP contribution is 2.39. The Bertz CT molecular complexity index is 166. The summed E-state index contributed by atoms with van der Waals surface area (Å²) in [7, 11) is 0. The molecule has 0 unspecified atom stereocenters. The molecular formula is C8H14FNO2. The van der Waals surface area contributed by atoms with Crippen molar-refractivity contribution in [2.75, 3.05) is 13.2 Å². The van der Waals surface area contributed by atoms with Gasteiger partial charge in [-0.2, -0.15) is 0 Å². The fraction of sp³-hybridized carbons (Fsp3) is 1.00. The minimum Gasteiger partial charge on any atom is -0.348 e. The van der Waals surface area contributed by atoms with E-state index in [4.69, 9.17) is 15.2 Å². The monoisotopic (exact) mass is 175 g/mol. The lowest BCUT2D eigenvalue weighted by atomic mass is 9.89. The molecule has 0 aromatic carbocycles. The van der Waals surface area contributed by atoms with Gasteiger partial charge in [0.15, 0.2) is 11.6 Å². The number of nitrogens with two attached hydrogens (primary N) is 1. The molecule has 1 aliphatic heterocycles. The average Bonchev–Trinajstić information content (AvgIpc) is 2.46. The van der Waals surface area contributed by atoms with Crippen LogP contribution in [-0.4, -0.2) is 24.8 Å². The third-order valence-electron chi connectivity index (χ3n) is 2.66. The van der Waals surface area contributed by atoms with Crippen LogP contribution in [0.25, 0.3) is 0 Å².